The molecule has 6 rings (SSSR count). The summed E-state index contributed by atoms with van der Waals surface area (Å²) in [5, 5.41) is 0.190. The van der Waals surface area contributed by atoms with Crippen molar-refractivity contribution in [2.75, 3.05) is 12.3 Å². The second-order valence-electron chi connectivity index (χ2n) is 10.4. The van der Waals surface area contributed by atoms with Gasteiger partial charge in [-0.25, -0.2) is 4.98 Å². The third-order valence-corrected chi connectivity index (χ3v) is 9.20. The molecule has 10 heteroatoms. The summed E-state index contributed by atoms with van der Waals surface area (Å²) in [6.07, 6.45) is 1.83. The number of nitrogen functional groups attached to an aromatic ring is 1. The highest BCUT2D eigenvalue weighted by atomic mass is 79.9. The largest absolute Gasteiger partial charge is 0.461 e. The number of fused-ring (bicyclic) bond motifs is 1. The van der Waals surface area contributed by atoms with Gasteiger partial charge in [0.15, 0.2) is 10.8 Å². The Bertz CT molecular complexity index is 1590. The Balaban J connectivity index is 1.41. The summed E-state index contributed by atoms with van der Waals surface area (Å²) in [5.74, 6) is -0.459. The molecule has 42 heavy (non-hydrogen) atoms. The second-order valence-corrected chi connectivity index (χ2v) is 11.8. The van der Waals surface area contributed by atoms with Gasteiger partial charge in [-0.15, -0.1) is 0 Å². The lowest BCUT2D eigenvalue weighted by Crippen LogP contribution is -2.37. The first-order valence-electron chi connectivity index (χ1n) is 13.7. The Kier molecular flexibility index (Phi) is 7.98. The van der Waals surface area contributed by atoms with Crippen LogP contribution in [0.1, 0.15) is 36.1 Å². The number of nitrogens with zero attached hydrogens (tertiary/aromatic N) is 4. The fourth-order valence-electron chi connectivity index (χ4n) is 5.98. The number of aromatic nitrogens is 4. The first-order valence-corrected chi connectivity index (χ1v) is 14.9. The summed E-state index contributed by atoms with van der Waals surface area (Å²) in [5.41, 5.74) is 9.00. The van der Waals surface area contributed by atoms with Gasteiger partial charge < -0.3 is 19.8 Å². The van der Waals surface area contributed by atoms with Crippen molar-refractivity contribution in [1.29, 1.82) is 0 Å². The maximum atomic E-state index is 12.3. The van der Waals surface area contributed by atoms with Crippen LogP contribution < -0.4 is 5.73 Å². The second kappa shape index (κ2) is 11.8. The molecule has 8 nitrogen and oxygen atoms in total. The van der Waals surface area contributed by atoms with E-state index in [9.17, 15) is 4.79 Å². The van der Waals surface area contributed by atoms with Gasteiger partial charge in [-0.2, -0.15) is 9.97 Å². The van der Waals surface area contributed by atoms with Gasteiger partial charge in [0.2, 0.25) is 5.95 Å². The van der Waals surface area contributed by atoms with Gasteiger partial charge in [0.1, 0.15) is 17.2 Å². The van der Waals surface area contributed by atoms with E-state index in [1.807, 2.05) is 59.2 Å². The van der Waals surface area contributed by atoms with E-state index in [1.165, 1.54) is 6.92 Å². The molecule has 0 saturated heterocycles. The Morgan fingerprint density at radius 2 is 1.52 bits per heavy atom. The molecule has 1 saturated carbocycles. The molecule has 4 atom stereocenters. The number of alkyl halides is 1. The molecule has 3 aromatic carbocycles. The molecular formula is C32H29BrClN5O3. The van der Waals surface area contributed by atoms with Gasteiger partial charge >= 0.3 is 5.97 Å². The van der Waals surface area contributed by atoms with Crippen LogP contribution in [0.2, 0.25) is 5.15 Å². The van der Waals surface area contributed by atoms with Crippen LogP contribution in [0.4, 0.5) is 5.95 Å². The molecule has 1 aliphatic rings. The minimum absolute atomic E-state index is 0.0631. The standard InChI is InChI=1S/C32H29BrClN5O3/c1-20(40)42-28-21(17-25(26(28)33)39-19-36-27-29(34)37-31(35)38-30(27)39)18-41-32(22-11-5-2-6-12-22,23-13-7-3-8-14-23)24-15-9-4-10-16-24/h2-16,19,21,25-26,28H,17-18H2,1H3,(H2,35,37,38)/t21-,25-,26-,28-/m1/s1. The number of ether oxygens (including phenoxy) is 2. The number of carbonyl (C=O) groups excluding carboxylic acids is 1. The van der Waals surface area contributed by atoms with E-state index < -0.39 is 11.7 Å². The molecule has 0 bridgehead atoms. The van der Waals surface area contributed by atoms with Crippen molar-refractivity contribution in [2.24, 2.45) is 5.92 Å². The molecule has 214 valence electrons. The number of carbonyl (C=O) groups is 1. The Hall–Kier alpha value is -3.79. The summed E-state index contributed by atoms with van der Waals surface area (Å²) >= 11 is 10.2. The summed E-state index contributed by atoms with van der Waals surface area (Å²) in [4.78, 5) is 24.9. The lowest BCUT2D eigenvalue weighted by molar-refractivity contribution is -0.149. The number of imidazole rings is 1. The molecule has 0 aliphatic heterocycles. The molecule has 5 aromatic rings. The third-order valence-electron chi connectivity index (χ3n) is 7.80. The van der Waals surface area contributed by atoms with E-state index in [2.05, 4.69) is 67.3 Å². The van der Waals surface area contributed by atoms with Gasteiger partial charge in [-0.05, 0) is 23.1 Å². The van der Waals surface area contributed by atoms with Gasteiger partial charge in [0.05, 0.1) is 23.8 Å². The van der Waals surface area contributed by atoms with Crippen molar-refractivity contribution >= 4 is 50.6 Å². The van der Waals surface area contributed by atoms with Gasteiger partial charge in [-0.1, -0.05) is 119 Å². The molecule has 1 fully saturated rings. The molecule has 2 aromatic heterocycles. The van der Waals surface area contributed by atoms with Crippen molar-refractivity contribution < 1.29 is 14.3 Å². The third kappa shape index (κ3) is 5.17. The van der Waals surface area contributed by atoms with Crippen LogP contribution >= 0.6 is 27.5 Å². The summed E-state index contributed by atoms with van der Waals surface area (Å²) in [7, 11) is 0. The summed E-state index contributed by atoms with van der Waals surface area (Å²) in [6.45, 7) is 1.73. The topological polar surface area (TPSA) is 105 Å². The fraction of sp³-hybridized carbons (Fsp3) is 0.250. The normalized spacial score (nSPS) is 20.5. The minimum atomic E-state index is -0.901. The van der Waals surface area contributed by atoms with E-state index in [0.717, 1.165) is 16.7 Å². The first kappa shape index (κ1) is 28.3. The molecule has 2 N–H and O–H groups in total. The van der Waals surface area contributed by atoms with Crippen molar-refractivity contribution in [2.45, 2.75) is 35.9 Å². The fourth-order valence-corrected chi connectivity index (χ4v) is 7.21. The first-order chi connectivity index (χ1) is 20.4. The number of rotatable bonds is 8. The SMILES string of the molecule is CC(=O)O[C@@H]1[C@@H](COC(c2ccccc2)(c2ccccc2)c2ccccc2)C[C@@H](n2cnc3c(Cl)nc(N)nc32)[C@H]1Br. The number of hydrogen-bond donors (Lipinski definition) is 1. The Labute approximate surface area is 257 Å². The van der Waals surface area contributed by atoms with Crippen molar-refractivity contribution in [3.05, 3.63) is 119 Å². The number of nitrogens with two attached hydrogens (primary N) is 1. The molecule has 0 unspecified atom stereocenters. The maximum absolute atomic E-state index is 12.3. The summed E-state index contributed by atoms with van der Waals surface area (Å²) in [6, 6.07) is 30.4. The number of anilines is 1. The van der Waals surface area contributed by atoms with Crippen molar-refractivity contribution in [1.82, 2.24) is 19.5 Å². The molecule has 0 amide bonds. The number of hydrogen-bond acceptors (Lipinski definition) is 7. The van der Waals surface area contributed by atoms with Crippen LogP contribution in [0.3, 0.4) is 0 Å². The van der Waals surface area contributed by atoms with Gasteiger partial charge in [-0.3, -0.25) is 4.79 Å². The quantitative estimate of drug-likeness (QED) is 0.0910. The molecular weight excluding hydrogens is 618 g/mol. The lowest BCUT2D eigenvalue weighted by Gasteiger charge is -2.37. The van der Waals surface area contributed by atoms with E-state index in [1.54, 1.807) is 6.33 Å². The Morgan fingerprint density at radius 1 is 0.976 bits per heavy atom. The highest BCUT2D eigenvalue weighted by molar-refractivity contribution is 9.09. The molecule has 2 heterocycles. The zero-order valence-electron chi connectivity index (χ0n) is 22.8. The number of esters is 1. The molecule has 1 aliphatic carbocycles. The highest BCUT2D eigenvalue weighted by Gasteiger charge is 2.47. The van der Waals surface area contributed by atoms with Crippen molar-refractivity contribution in [3.8, 4) is 0 Å². The monoisotopic (exact) mass is 645 g/mol. The van der Waals surface area contributed by atoms with Crippen LogP contribution in [-0.4, -0.2) is 43.0 Å². The van der Waals surface area contributed by atoms with E-state index in [-0.39, 0.29) is 33.9 Å². The molecule has 0 spiro atoms. The predicted octanol–water partition coefficient (Wildman–Crippen LogP) is 6.33. The van der Waals surface area contributed by atoms with Crippen LogP contribution in [0.15, 0.2) is 97.3 Å². The Morgan fingerprint density at radius 3 is 2.05 bits per heavy atom. The van der Waals surface area contributed by atoms with E-state index in [0.29, 0.717) is 24.2 Å². The smallest absolute Gasteiger partial charge is 0.302 e. The minimum Gasteiger partial charge on any atom is -0.461 e. The molecule has 0 radical (unpaired) electrons. The maximum Gasteiger partial charge on any atom is 0.302 e. The van der Waals surface area contributed by atoms with Crippen LogP contribution in [0.25, 0.3) is 11.2 Å². The average molecular weight is 647 g/mol. The van der Waals surface area contributed by atoms with Crippen LogP contribution in [0, 0.1) is 5.92 Å². The van der Waals surface area contributed by atoms with E-state index >= 15 is 0 Å². The number of benzene rings is 3. The average Bonchev–Trinajstić information content (AvgIpc) is 3.55. The lowest BCUT2D eigenvalue weighted by atomic mass is 9.80. The zero-order chi connectivity index (χ0) is 29.3. The summed E-state index contributed by atoms with van der Waals surface area (Å²) < 4.78 is 15.0. The van der Waals surface area contributed by atoms with Crippen molar-refractivity contribution in [3.63, 3.8) is 0 Å². The highest BCUT2D eigenvalue weighted by Crippen LogP contribution is 2.46. The van der Waals surface area contributed by atoms with Gasteiger partial charge in [0.25, 0.3) is 0 Å². The van der Waals surface area contributed by atoms with E-state index in [4.69, 9.17) is 26.8 Å². The predicted molar refractivity (Wildman–Crippen MR) is 165 cm³/mol. The van der Waals surface area contributed by atoms with Crippen LogP contribution in [0.5, 0.6) is 0 Å². The van der Waals surface area contributed by atoms with Crippen LogP contribution in [-0.2, 0) is 19.9 Å². The zero-order valence-corrected chi connectivity index (χ0v) is 25.2. The van der Waals surface area contributed by atoms with Gasteiger partial charge in [0, 0.05) is 12.8 Å². The number of halogens is 2.